The highest BCUT2D eigenvalue weighted by Gasteiger charge is 2.28. The second-order valence-electron chi connectivity index (χ2n) is 5.82. The normalized spacial score (nSPS) is 12.6. The third-order valence-electron chi connectivity index (χ3n) is 2.22. The van der Waals surface area contributed by atoms with Crippen molar-refractivity contribution in [3.63, 3.8) is 0 Å². The van der Waals surface area contributed by atoms with Crippen LogP contribution in [0.25, 0.3) is 4.85 Å². The molecule has 0 N–H and O–H groups in total. The molecule has 3 heteroatoms. The van der Waals surface area contributed by atoms with E-state index in [0.29, 0.717) is 5.69 Å². The molecule has 1 rings (SSSR count). The smallest absolute Gasteiger partial charge is 0.227 e. The van der Waals surface area contributed by atoms with Gasteiger partial charge in [0.15, 0.2) is 0 Å². The summed E-state index contributed by atoms with van der Waals surface area (Å²) < 4.78 is 1.96. The van der Waals surface area contributed by atoms with Crippen molar-refractivity contribution in [3.05, 3.63) is 23.3 Å². The molecule has 0 unspecified atom stereocenters. The first kappa shape index (κ1) is 11.8. The number of nitrogens with zero attached hydrogens (tertiary/aromatic N) is 3. The summed E-state index contributed by atoms with van der Waals surface area (Å²) in [7, 11) is 0. The topological polar surface area (TPSA) is 22.2 Å². The van der Waals surface area contributed by atoms with E-state index in [1.807, 2.05) is 4.68 Å². The van der Waals surface area contributed by atoms with Crippen LogP contribution >= 0.6 is 0 Å². The molecular formula is C12H19N3. The molecule has 0 aromatic carbocycles. The minimum atomic E-state index is -0.0778. The minimum absolute atomic E-state index is 0.0519. The number of rotatable bonds is 0. The molecule has 0 spiro atoms. The van der Waals surface area contributed by atoms with E-state index in [1.54, 1.807) is 6.20 Å². The summed E-state index contributed by atoms with van der Waals surface area (Å²) in [5.74, 6) is 0. The van der Waals surface area contributed by atoms with E-state index in [9.17, 15) is 0 Å². The lowest BCUT2D eigenvalue weighted by atomic mass is 9.90. The van der Waals surface area contributed by atoms with Gasteiger partial charge in [0.2, 0.25) is 5.69 Å². The maximum absolute atomic E-state index is 7.15. The molecule has 15 heavy (non-hydrogen) atoms. The lowest BCUT2D eigenvalue weighted by Gasteiger charge is -2.29. The van der Waals surface area contributed by atoms with Crippen LogP contribution in [0.15, 0.2) is 6.20 Å². The second kappa shape index (κ2) is 3.37. The van der Waals surface area contributed by atoms with E-state index in [-0.39, 0.29) is 11.0 Å². The maximum atomic E-state index is 7.15. The van der Waals surface area contributed by atoms with Gasteiger partial charge in [-0.3, -0.25) is 4.68 Å². The van der Waals surface area contributed by atoms with Crippen molar-refractivity contribution in [2.75, 3.05) is 0 Å². The van der Waals surface area contributed by atoms with Crippen molar-refractivity contribution < 1.29 is 0 Å². The lowest BCUT2D eigenvalue weighted by Crippen LogP contribution is -2.30. The summed E-state index contributed by atoms with van der Waals surface area (Å²) in [6.45, 7) is 19.8. The number of hydrogen-bond acceptors (Lipinski definition) is 1. The zero-order valence-corrected chi connectivity index (χ0v) is 10.4. The number of hydrogen-bond donors (Lipinski definition) is 0. The molecule has 1 aromatic rings. The van der Waals surface area contributed by atoms with Gasteiger partial charge in [0.1, 0.15) is 0 Å². The highest BCUT2D eigenvalue weighted by molar-refractivity contribution is 5.51. The lowest BCUT2D eigenvalue weighted by molar-refractivity contribution is 0.323. The van der Waals surface area contributed by atoms with Crippen LogP contribution in [0, 0.1) is 6.57 Å². The third-order valence-corrected chi connectivity index (χ3v) is 2.22. The standard InChI is InChI=1S/C12H19N3/c1-11(2,3)10-9(13-7)8-14-15(10)12(4,5)6/h8H,1-6H3. The zero-order valence-electron chi connectivity index (χ0n) is 10.4. The van der Waals surface area contributed by atoms with E-state index >= 15 is 0 Å². The second-order valence-corrected chi connectivity index (χ2v) is 5.82. The van der Waals surface area contributed by atoms with Crippen LogP contribution in [0.4, 0.5) is 5.69 Å². The van der Waals surface area contributed by atoms with E-state index in [2.05, 4.69) is 51.5 Å². The molecule has 0 atom stereocenters. The predicted molar refractivity (Wildman–Crippen MR) is 62.2 cm³/mol. The Morgan fingerprint density at radius 2 is 1.73 bits per heavy atom. The monoisotopic (exact) mass is 205 g/mol. The van der Waals surface area contributed by atoms with Gasteiger partial charge in [0.25, 0.3) is 0 Å². The molecule has 1 heterocycles. The van der Waals surface area contributed by atoms with E-state index < -0.39 is 0 Å². The predicted octanol–water partition coefficient (Wildman–Crippen LogP) is 3.49. The first-order valence-corrected chi connectivity index (χ1v) is 5.14. The van der Waals surface area contributed by atoms with Crippen LogP contribution in [0.3, 0.4) is 0 Å². The van der Waals surface area contributed by atoms with Crippen molar-refractivity contribution in [1.82, 2.24) is 9.78 Å². The van der Waals surface area contributed by atoms with Crippen LogP contribution in [-0.2, 0) is 11.0 Å². The summed E-state index contributed by atoms with van der Waals surface area (Å²) in [5.41, 5.74) is 1.55. The Kier molecular flexibility index (Phi) is 2.65. The molecule has 0 saturated carbocycles. The van der Waals surface area contributed by atoms with Crippen molar-refractivity contribution in [1.29, 1.82) is 0 Å². The van der Waals surface area contributed by atoms with Gasteiger partial charge in [-0.25, -0.2) is 4.85 Å². The van der Waals surface area contributed by atoms with Gasteiger partial charge in [0.05, 0.1) is 24.0 Å². The zero-order chi connectivity index (χ0) is 11.9. The summed E-state index contributed by atoms with van der Waals surface area (Å²) in [6.07, 6.45) is 1.67. The third kappa shape index (κ3) is 2.20. The minimum Gasteiger partial charge on any atom is -0.275 e. The van der Waals surface area contributed by atoms with Crippen LogP contribution in [0.2, 0.25) is 0 Å². The highest BCUT2D eigenvalue weighted by atomic mass is 15.3. The Morgan fingerprint density at radius 3 is 2.07 bits per heavy atom. The van der Waals surface area contributed by atoms with E-state index in [0.717, 1.165) is 5.69 Å². The Hall–Kier alpha value is -1.30. The van der Waals surface area contributed by atoms with E-state index in [4.69, 9.17) is 6.57 Å². The molecule has 0 amide bonds. The summed E-state index contributed by atoms with van der Waals surface area (Å²) >= 11 is 0. The van der Waals surface area contributed by atoms with Crippen molar-refractivity contribution in [2.45, 2.75) is 52.5 Å². The van der Waals surface area contributed by atoms with Crippen molar-refractivity contribution in [3.8, 4) is 0 Å². The van der Waals surface area contributed by atoms with Gasteiger partial charge >= 0.3 is 0 Å². The largest absolute Gasteiger partial charge is 0.275 e. The van der Waals surface area contributed by atoms with Crippen LogP contribution in [0.1, 0.15) is 47.2 Å². The van der Waals surface area contributed by atoms with Gasteiger partial charge in [-0.1, -0.05) is 20.8 Å². The molecule has 0 aliphatic rings. The van der Waals surface area contributed by atoms with Gasteiger partial charge in [-0.15, -0.1) is 0 Å². The van der Waals surface area contributed by atoms with Crippen molar-refractivity contribution >= 4 is 5.69 Å². The molecule has 82 valence electrons. The first-order valence-electron chi connectivity index (χ1n) is 5.14. The summed E-state index contributed by atoms with van der Waals surface area (Å²) in [5, 5.41) is 4.33. The highest BCUT2D eigenvalue weighted by Crippen LogP contribution is 2.34. The average molecular weight is 205 g/mol. The van der Waals surface area contributed by atoms with Gasteiger partial charge in [0, 0.05) is 0 Å². The maximum Gasteiger partial charge on any atom is 0.227 e. The Balaban J connectivity index is 3.46. The molecule has 0 fully saturated rings. The van der Waals surface area contributed by atoms with Gasteiger partial charge in [-0.2, -0.15) is 5.10 Å². The van der Waals surface area contributed by atoms with Crippen LogP contribution in [0.5, 0.6) is 0 Å². The fourth-order valence-electron chi connectivity index (χ4n) is 1.63. The van der Waals surface area contributed by atoms with Crippen molar-refractivity contribution in [2.24, 2.45) is 0 Å². The molecular weight excluding hydrogens is 186 g/mol. The Labute approximate surface area is 91.9 Å². The average Bonchev–Trinajstić information content (AvgIpc) is 2.44. The molecule has 0 aliphatic heterocycles. The van der Waals surface area contributed by atoms with E-state index in [1.165, 1.54) is 0 Å². The van der Waals surface area contributed by atoms with Gasteiger partial charge in [-0.05, 0) is 26.2 Å². The quantitative estimate of drug-likeness (QED) is 0.594. The Morgan fingerprint density at radius 1 is 1.20 bits per heavy atom. The fourth-order valence-corrected chi connectivity index (χ4v) is 1.63. The molecule has 0 radical (unpaired) electrons. The van der Waals surface area contributed by atoms with Crippen LogP contribution < -0.4 is 0 Å². The first-order chi connectivity index (χ1) is 6.68. The molecule has 1 aromatic heterocycles. The molecule has 0 bridgehead atoms. The SMILES string of the molecule is [C-]#[N+]c1cnn(C(C)(C)C)c1C(C)(C)C. The molecule has 0 aliphatic carbocycles. The van der Waals surface area contributed by atoms with Gasteiger partial charge < -0.3 is 0 Å². The summed E-state index contributed by atoms with van der Waals surface area (Å²) in [4.78, 5) is 3.54. The molecule has 3 nitrogen and oxygen atoms in total. The molecule has 0 saturated heterocycles. The fraction of sp³-hybridized carbons (Fsp3) is 0.667. The number of aromatic nitrogens is 2. The Bertz CT molecular complexity index is 394. The summed E-state index contributed by atoms with van der Waals surface area (Å²) in [6, 6.07) is 0. The van der Waals surface area contributed by atoms with Crippen LogP contribution in [-0.4, -0.2) is 9.78 Å².